The number of hydrogen-bond acceptors (Lipinski definition) is 6. The molecular weight excluding hydrogens is 288 g/mol. The largest absolute Gasteiger partial charge is 0.399 e. The lowest BCUT2D eigenvalue weighted by Crippen LogP contribution is -2.18. The van der Waals surface area contributed by atoms with E-state index in [4.69, 9.17) is 5.73 Å². The smallest absolute Gasteiger partial charge is 0.252 e. The van der Waals surface area contributed by atoms with Crippen molar-refractivity contribution in [1.29, 1.82) is 0 Å². The van der Waals surface area contributed by atoms with Crippen LogP contribution < -0.4 is 11.1 Å². The lowest BCUT2D eigenvalue weighted by molar-refractivity contribution is 0.0960. The van der Waals surface area contributed by atoms with Gasteiger partial charge in [-0.3, -0.25) is 4.79 Å². The van der Waals surface area contributed by atoms with Crippen LogP contribution in [-0.2, 0) is 0 Å². The summed E-state index contributed by atoms with van der Waals surface area (Å²) in [5.74, 6) is -0.174. The van der Waals surface area contributed by atoms with Crippen molar-refractivity contribution in [2.75, 3.05) is 12.8 Å². The number of hydrogen-bond donors (Lipinski definition) is 3. The maximum Gasteiger partial charge on any atom is 0.252 e. The molecule has 1 aromatic carbocycles. The number of carbonyl (C=O) groups is 1. The fraction of sp³-hybridized carbons (Fsp3) is 0.0769. The number of amides is 1. The van der Waals surface area contributed by atoms with Crippen LogP contribution in [0.3, 0.4) is 0 Å². The van der Waals surface area contributed by atoms with Crippen LogP contribution in [-0.4, -0.2) is 32.9 Å². The second-order valence-corrected chi connectivity index (χ2v) is 5.25. The summed E-state index contributed by atoms with van der Waals surface area (Å²) in [5, 5.41) is 3.30. The van der Waals surface area contributed by atoms with Gasteiger partial charge in [0.2, 0.25) is 0 Å². The first kappa shape index (κ1) is 13.4. The van der Waals surface area contributed by atoms with Crippen LogP contribution in [0, 0.1) is 0 Å². The Hall–Kier alpha value is -2.61. The van der Waals surface area contributed by atoms with Crippen molar-refractivity contribution in [1.82, 2.24) is 25.3 Å². The lowest BCUT2D eigenvalue weighted by Gasteiger charge is -2.09. The third-order valence-electron chi connectivity index (χ3n) is 2.87. The van der Waals surface area contributed by atoms with Gasteiger partial charge in [-0.05, 0) is 18.2 Å². The van der Waals surface area contributed by atoms with Crippen LogP contribution >= 0.6 is 11.8 Å². The van der Waals surface area contributed by atoms with Gasteiger partial charge in [-0.1, -0.05) is 11.8 Å². The molecule has 3 rings (SSSR count). The normalized spacial score (nSPS) is 10.7. The summed E-state index contributed by atoms with van der Waals surface area (Å²) in [6.07, 6.45) is 3.00. The zero-order valence-electron chi connectivity index (χ0n) is 11.1. The summed E-state index contributed by atoms with van der Waals surface area (Å²) in [4.78, 5) is 28.0. The fourth-order valence-corrected chi connectivity index (χ4v) is 2.90. The van der Waals surface area contributed by atoms with Crippen molar-refractivity contribution >= 4 is 34.5 Å². The number of aromatic amines is 1. The Morgan fingerprint density at radius 3 is 3.00 bits per heavy atom. The van der Waals surface area contributed by atoms with Crippen molar-refractivity contribution in [2.45, 2.75) is 9.92 Å². The highest BCUT2D eigenvalue weighted by Crippen LogP contribution is 2.33. The third kappa shape index (κ3) is 2.52. The third-order valence-corrected chi connectivity index (χ3v) is 3.93. The first-order valence-corrected chi connectivity index (χ1v) is 6.94. The monoisotopic (exact) mass is 300 g/mol. The molecule has 4 N–H and O–H groups in total. The van der Waals surface area contributed by atoms with Crippen LogP contribution in [0.4, 0.5) is 5.69 Å². The number of nitrogens with two attached hydrogens (primary N) is 1. The highest BCUT2D eigenvalue weighted by atomic mass is 32.2. The maximum atomic E-state index is 11.9. The van der Waals surface area contributed by atoms with Crippen LogP contribution in [0.2, 0.25) is 0 Å². The number of aromatic nitrogens is 4. The second kappa shape index (κ2) is 5.41. The van der Waals surface area contributed by atoms with Crippen LogP contribution in [0.25, 0.3) is 11.2 Å². The Labute approximate surface area is 124 Å². The quantitative estimate of drug-likeness (QED) is 0.499. The summed E-state index contributed by atoms with van der Waals surface area (Å²) in [7, 11) is 1.59. The zero-order valence-corrected chi connectivity index (χ0v) is 11.9. The average Bonchev–Trinajstić information content (AvgIpc) is 2.96. The SMILES string of the molecule is CNC(=O)c1ccc(N)cc1Sc1ncnc2nc[nH]c12. The first-order chi connectivity index (χ1) is 10.2. The molecule has 3 aromatic rings. The average molecular weight is 300 g/mol. The van der Waals surface area contributed by atoms with Gasteiger partial charge in [0.1, 0.15) is 16.9 Å². The molecule has 0 bridgehead atoms. The number of H-pyrrole nitrogens is 1. The molecule has 0 spiro atoms. The number of fused-ring (bicyclic) bond motifs is 1. The highest BCUT2D eigenvalue weighted by molar-refractivity contribution is 7.99. The predicted octanol–water partition coefficient (Wildman–Crippen LogP) is 1.45. The Balaban J connectivity index is 2.07. The molecule has 0 fully saturated rings. The minimum absolute atomic E-state index is 0.174. The van der Waals surface area contributed by atoms with Crippen molar-refractivity contribution in [2.24, 2.45) is 0 Å². The van der Waals surface area contributed by atoms with E-state index >= 15 is 0 Å². The minimum atomic E-state index is -0.174. The summed E-state index contributed by atoms with van der Waals surface area (Å²) in [6, 6.07) is 5.14. The molecule has 2 heterocycles. The van der Waals surface area contributed by atoms with Gasteiger partial charge in [0.15, 0.2) is 5.65 Å². The lowest BCUT2D eigenvalue weighted by atomic mass is 10.2. The number of nitrogens with zero attached hydrogens (tertiary/aromatic N) is 3. The second-order valence-electron chi connectivity index (χ2n) is 4.22. The van der Waals surface area contributed by atoms with E-state index in [9.17, 15) is 4.79 Å². The van der Waals surface area contributed by atoms with E-state index < -0.39 is 0 Å². The number of benzene rings is 1. The molecule has 21 heavy (non-hydrogen) atoms. The molecular formula is C13H12N6OS. The van der Waals surface area contributed by atoms with Crippen molar-refractivity contribution in [3.05, 3.63) is 36.4 Å². The summed E-state index contributed by atoms with van der Waals surface area (Å²) < 4.78 is 0. The Morgan fingerprint density at radius 1 is 1.33 bits per heavy atom. The summed E-state index contributed by atoms with van der Waals surface area (Å²) in [6.45, 7) is 0. The summed E-state index contributed by atoms with van der Waals surface area (Å²) >= 11 is 1.34. The Kier molecular flexibility index (Phi) is 3.44. The van der Waals surface area contributed by atoms with Crippen LogP contribution in [0.5, 0.6) is 0 Å². The zero-order chi connectivity index (χ0) is 14.8. The molecule has 0 saturated carbocycles. The molecule has 8 heteroatoms. The van der Waals surface area contributed by atoms with E-state index in [0.29, 0.717) is 21.9 Å². The molecule has 7 nitrogen and oxygen atoms in total. The van der Waals surface area contributed by atoms with Crippen LogP contribution in [0.15, 0.2) is 40.8 Å². The van der Waals surface area contributed by atoms with Gasteiger partial charge in [-0.2, -0.15) is 0 Å². The van der Waals surface area contributed by atoms with E-state index in [1.165, 1.54) is 18.1 Å². The number of imidazole rings is 1. The van der Waals surface area contributed by atoms with Crippen molar-refractivity contribution in [3.8, 4) is 0 Å². The van der Waals surface area contributed by atoms with E-state index in [2.05, 4.69) is 25.3 Å². The molecule has 0 aliphatic heterocycles. The van der Waals surface area contributed by atoms with Crippen molar-refractivity contribution < 1.29 is 4.79 Å². The summed E-state index contributed by atoms with van der Waals surface area (Å²) in [5.41, 5.74) is 8.26. The predicted molar refractivity (Wildman–Crippen MR) is 80.1 cm³/mol. The first-order valence-electron chi connectivity index (χ1n) is 6.12. The van der Waals surface area contributed by atoms with Gasteiger partial charge in [0, 0.05) is 17.6 Å². The van der Waals surface area contributed by atoms with E-state index in [1.54, 1.807) is 31.6 Å². The molecule has 1 amide bonds. The topological polar surface area (TPSA) is 110 Å². The number of nitrogen functional groups attached to an aromatic ring is 1. The minimum Gasteiger partial charge on any atom is -0.399 e. The number of carbonyl (C=O) groups excluding carboxylic acids is 1. The van der Waals surface area contributed by atoms with Crippen LogP contribution in [0.1, 0.15) is 10.4 Å². The standard InChI is InChI=1S/C13H12N6OS/c1-15-12(20)8-3-2-7(14)4-9(8)21-13-10-11(17-5-16-10)18-6-19-13/h2-6H,14H2,1H3,(H,15,20)(H,16,17,18,19). The van der Waals surface area contributed by atoms with Gasteiger partial charge >= 0.3 is 0 Å². The molecule has 0 aliphatic carbocycles. The van der Waals surface area contributed by atoms with E-state index in [1.807, 2.05) is 0 Å². The highest BCUT2D eigenvalue weighted by Gasteiger charge is 2.14. The fourth-order valence-electron chi connectivity index (χ4n) is 1.87. The van der Waals surface area contributed by atoms with Gasteiger partial charge in [-0.25, -0.2) is 15.0 Å². The number of nitrogens with one attached hydrogen (secondary N) is 2. The van der Waals surface area contributed by atoms with E-state index in [-0.39, 0.29) is 5.91 Å². The molecule has 2 aromatic heterocycles. The van der Waals surface area contributed by atoms with E-state index in [0.717, 1.165) is 10.4 Å². The van der Waals surface area contributed by atoms with Gasteiger partial charge in [-0.15, -0.1) is 0 Å². The number of rotatable bonds is 3. The van der Waals surface area contributed by atoms with Gasteiger partial charge in [0.25, 0.3) is 5.91 Å². The molecule has 0 saturated heterocycles. The molecule has 0 radical (unpaired) electrons. The Bertz CT molecular complexity index is 815. The number of anilines is 1. The van der Waals surface area contributed by atoms with Gasteiger partial charge in [0.05, 0.1) is 11.9 Å². The molecule has 0 aliphatic rings. The molecule has 106 valence electrons. The molecule has 0 atom stereocenters. The van der Waals surface area contributed by atoms with Crippen molar-refractivity contribution in [3.63, 3.8) is 0 Å². The molecule has 0 unspecified atom stereocenters. The van der Waals surface area contributed by atoms with Gasteiger partial charge < -0.3 is 16.0 Å². The Morgan fingerprint density at radius 2 is 2.19 bits per heavy atom. The maximum absolute atomic E-state index is 11.9.